The number of carbonyl (C=O) groups is 1. The van der Waals surface area contributed by atoms with E-state index in [9.17, 15) is 9.90 Å². The molecule has 24 heavy (non-hydrogen) atoms. The van der Waals surface area contributed by atoms with Gasteiger partial charge in [-0.25, -0.2) is 4.79 Å². The zero-order valence-corrected chi connectivity index (χ0v) is 15.6. The summed E-state index contributed by atoms with van der Waals surface area (Å²) in [5, 5.41) is 10.3. The molecule has 0 spiro atoms. The van der Waals surface area contributed by atoms with Crippen molar-refractivity contribution in [3.63, 3.8) is 0 Å². The normalized spacial score (nSPS) is 28.8. The van der Waals surface area contributed by atoms with Crippen molar-refractivity contribution < 1.29 is 14.6 Å². The molecule has 3 saturated carbocycles. The molecule has 4 unspecified atom stereocenters. The Morgan fingerprint density at radius 1 is 1.38 bits per heavy atom. The minimum absolute atomic E-state index is 0.342. The lowest BCUT2D eigenvalue weighted by molar-refractivity contribution is -0.146. The maximum Gasteiger partial charge on any atom is 0.344 e. The van der Waals surface area contributed by atoms with E-state index in [1.807, 2.05) is 0 Å². The van der Waals surface area contributed by atoms with Crippen LogP contribution >= 0.6 is 23.2 Å². The third-order valence-corrected chi connectivity index (χ3v) is 6.77. The molecular formula is C19H24Cl2O3. The first-order chi connectivity index (χ1) is 11.3. The number of rotatable bonds is 6. The van der Waals surface area contributed by atoms with Crippen molar-refractivity contribution in [2.75, 3.05) is 0 Å². The molecule has 3 fully saturated rings. The van der Waals surface area contributed by atoms with Crippen LogP contribution in [0.1, 0.15) is 46.0 Å². The van der Waals surface area contributed by atoms with Gasteiger partial charge < -0.3 is 9.84 Å². The van der Waals surface area contributed by atoms with E-state index in [0.29, 0.717) is 33.5 Å². The minimum Gasteiger partial charge on any atom is -0.479 e. The van der Waals surface area contributed by atoms with Gasteiger partial charge in [0.25, 0.3) is 0 Å². The summed E-state index contributed by atoms with van der Waals surface area (Å²) >= 11 is 12.0. The molecule has 2 bridgehead atoms. The quantitative estimate of drug-likeness (QED) is 0.700. The number of carboxylic acid groups (broad SMARTS) is 1. The van der Waals surface area contributed by atoms with Crippen LogP contribution in [0.4, 0.5) is 0 Å². The lowest BCUT2D eigenvalue weighted by atomic mass is 9.45. The molecule has 1 N–H and O–H groups in total. The van der Waals surface area contributed by atoms with Gasteiger partial charge in [0, 0.05) is 5.02 Å². The monoisotopic (exact) mass is 370 g/mol. The summed E-state index contributed by atoms with van der Waals surface area (Å²) in [6.07, 6.45) is 4.32. The highest BCUT2D eigenvalue weighted by Gasteiger charge is 2.53. The van der Waals surface area contributed by atoms with Crippen LogP contribution < -0.4 is 4.74 Å². The van der Waals surface area contributed by atoms with E-state index >= 15 is 0 Å². The number of benzene rings is 1. The van der Waals surface area contributed by atoms with Crippen LogP contribution in [-0.4, -0.2) is 17.2 Å². The van der Waals surface area contributed by atoms with E-state index in [1.54, 1.807) is 18.2 Å². The molecular weight excluding hydrogens is 347 g/mol. The van der Waals surface area contributed by atoms with Crippen LogP contribution in [0.15, 0.2) is 18.2 Å². The van der Waals surface area contributed by atoms with Crippen molar-refractivity contribution in [3.8, 4) is 5.75 Å². The summed E-state index contributed by atoms with van der Waals surface area (Å²) in [4.78, 5) is 11.6. The topological polar surface area (TPSA) is 46.5 Å². The Hall–Kier alpha value is -0.930. The largest absolute Gasteiger partial charge is 0.479 e. The first-order valence-electron chi connectivity index (χ1n) is 8.63. The second-order valence-corrected chi connectivity index (χ2v) is 8.64. The van der Waals surface area contributed by atoms with Gasteiger partial charge >= 0.3 is 5.97 Å². The van der Waals surface area contributed by atoms with Gasteiger partial charge in [0.05, 0.1) is 5.02 Å². The molecule has 3 aliphatic rings. The summed E-state index contributed by atoms with van der Waals surface area (Å²) in [6, 6.07) is 4.84. The third kappa shape index (κ3) is 3.39. The Balaban J connectivity index is 1.61. The maximum absolute atomic E-state index is 11.6. The van der Waals surface area contributed by atoms with E-state index in [4.69, 9.17) is 27.9 Å². The van der Waals surface area contributed by atoms with Gasteiger partial charge in [-0.3, -0.25) is 0 Å². The highest BCUT2D eigenvalue weighted by molar-refractivity contribution is 6.35. The van der Waals surface area contributed by atoms with Gasteiger partial charge in [-0.05, 0) is 73.5 Å². The lowest BCUT2D eigenvalue weighted by Crippen LogP contribution is -2.52. The Kier molecular flexibility index (Phi) is 5.04. The van der Waals surface area contributed by atoms with E-state index in [2.05, 4.69) is 13.8 Å². The Bertz CT molecular complexity index is 627. The SMILES string of the molecule is CC1(C)C2CCC(CCC(Oc3ccc(Cl)cc3Cl)C(=O)O)C1C2. The van der Waals surface area contributed by atoms with Crippen LogP contribution in [0.5, 0.6) is 5.75 Å². The van der Waals surface area contributed by atoms with Crippen molar-refractivity contribution in [2.45, 2.75) is 52.1 Å². The molecule has 3 nitrogen and oxygen atoms in total. The highest BCUT2D eigenvalue weighted by atomic mass is 35.5. The number of fused-ring (bicyclic) bond motifs is 2. The zero-order valence-electron chi connectivity index (χ0n) is 14.1. The molecule has 4 rings (SSSR count). The summed E-state index contributed by atoms with van der Waals surface area (Å²) in [5.41, 5.74) is 0.419. The average Bonchev–Trinajstić information content (AvgIpc) is 2.52. The fourth-order valence-electron chi connectivity index (χ4n) is 4.63. The summed E-state index contributed by atoms with van der Waals surface area (Å²) in [6.45, 7) is 4.72. The van der Waals surface area contributed by atoms with E-state index in [0.717, 1.165) is 18.3 Å². The Morgan fingerprint density at radius 2 is 2.12 bits per heavy atom. The molecule has 1 aromatic rings. The van der Waals surface area contributed by atoms with Crippen LogP contribution in [0.3, 0.4) is 0 Å². The fraction of sp³-hybridized carbons (Fsp3) is 0.632. The van der Waals surface area contributed by atoms with Crippen molar-refractivity contribution in [3.05, 3.63) is 28.2 Å². The molecule has 0 aromatic heterocycles. The first kappa shape index (κ1) is 17.9. The van der Waals surface area contributed by atoms with Crippen LogP contribution in [-0.2, 0) is 4.79 Å². The van der Waals surface area contributed by atoms with E-state index in [1.165, 1.54) is 19.3 Å². The number of aliphatic carboxylic acids is 1. The molecule has 4 atom stereocenters. The maximum atomic E-state index is 11.6. The molecule has 1 aromatic carbocycles. The average molecular weight is 371 g/mol. The van der Waals surface area contributed by atoms with Crippen LogP contribution in [0, 0.1) is 23.2 Å². The molecule has 0 heterocycles. The van der Waals surface area contributed by atoms with Crippen molar-refractivity contribution in [1.29, 1.82) is 0 Å². The second kappa shape index (κ2) is 6.76. The number of ether oxygens (including phenoxy) is 1. The molecule has 0 aliphatic heterocycles. The number of hydrogen-bond acceptors (Lipinski definition) is 2. The second-order valence-electron chi connectivity index (χ2n) is 7.79. The number of halogens is 2. The Morgan fingerprint density at radius 3 is 2.71 bits per heavy atom. The van der Waals surface area contributed by atoms with Crippen LogP contribution in [0.2, 0.25) is 10.0 Å². The fourth-order valence-corrected chi connectivity index (χ4v) is 5.08. The number of carboxylic acids is 1. The van der Waals surface area contributed by atoms with Gasteiger partial charge in [-0.2, -0.15) is 0 Å². The zero-order chi connectivity index (χ0) is 17.5. The molecule has 132 valence electrons. The molecule has 5 heteroatoms. The van der Waals surface area contributed by atoms with Crippen LogP contribution in [0.25, 0.3) is 0 Å². The van der Waals surface area contributed by atoms with Crippen molar-refractivity contribution in [1.82, 2.24) is 0 Å². The highest BCUT2D eigenvalue weighted by Crippen LogP contribution is 2.62. The predicted octanol–water partition coefficient (Wildman–Crippen LogP) is 5.68. The van der Waals surface area contributed by atoms with E-state index < -0.39 is 12.1 Å². The number of hydrogen-bond donors (Lipinski definition) is 1. The summed E-state index contributed by atoms with van der Waals surface area (Å²) in [5.74, 6) is 1.63. The summed E-state index contributed by atoms with van der Waals surface area (Å²) in [7, 11) is 0. The molecule has 0 radical (unpaired) electrons. The molecule has 0 saturated heterocycles. The Labute approximate surface area is 153 Å². The smallest absolute Gasteiger partial charge is 0.344 e. The van der Waals surface area contributed by atoms with Gasteiger partial charge in [0.2, 0.25) is 0 Å². The minimum atomic E-state index is -0.942. The first-order valence-corrected chi connectivity index (χ1v) is 9.39. The predicted molar refractivity (Wildman–Crippen MR) is 95.8 cm³/mol. The van der Waals surface area contributed by atoms with Gasteiger partial charge in [0.15, 0.2) is 6.10 Å². The standard InChI is InChI=1S/C19H24Cl2O3/c1-19(2)12-5-3-11(14(19)9-12)4-7-17(18(22)23)24-16-8-6-13(20)10-15(16)21/h6,8,10-12,14,17H,3-5,7,9H2,1-2H3,(H,22,23). The van der Waals surface area contributed by atoms with Gasteiger partial charge in [-0.15, -0.1) is 0 Å². The summed E-state index contributed by atoms with van der Waals surface area (Å²) < 4.78 is 5.66. The van der Waals surface area contributed by atoms with Gasteiger partial charge in [-0.1, -0.05) is 37.0 Å². The molecule has 0 amide bonds. The lowest BCUT2D eigenvalue weighted by Gasteiger charge is -2.60. The molecule has 3 aliphatic carbocycles. The third-order valence-electron chi connectivity index (χ3n) is 6.24. The van der Waals surface area contributed by atoms with Crippen molar-refractivity contribution >= 4 is 29.2 Å². The van der Waals surface area contributed by atoms with Crippen molar-refractivity contribution in [2.24, 2.45) is 23.2 Å². The van der Waals surface area contributed by atoms with Gasteiger partial charge in [0.1, 0.15) is 5.75 Å². The van der Waals surface area contributed by atoms with E-state index in [-0.39, 0.29) is 0 Å².